The standard InChI is InChI=1S/C18H24N4O/c1-13(12-23)20-17-19-9-8-16(21-17)22-11-15-7-5-4-6-14(15)10-18(22,2)3/h4-9,13,23H,10-12H2,1-3H3,(H,19,20,21)/t13-/m0/s1. The van der Waals surface area contributed by atoms with Gasteiger partial charge in [0.15, 0.2) is 0 Å². The maximum atomic E-state index is 9.18. The van der Waals surface area contributed by atoms with Gasteiger partial charge < -0.3 is 15.3 Å². The van der Waals surface area contributed by atoms with Crippen molar-refractivity contribution in [2.75, 3.05) is 16.8 Å². The second-order valence-electron chi connectivity index (χ2n) is 6.81. The minimum atomic E-state index is -0.0691. The summed E-state index contributed by atoms with van der Waals surface area (Å²) < 4.78 is 0. The molecule has 0 saturated carbocycles. The fourth-order valence-corrected chi connectivity index (χ4v) is 3.06. The molecule has 1 aliphatic rings. The molecule has 1 aliphatic heterocycles. The number of benzene rings is 1. The van der Waals surface area contributed by atoms with E-state index >= 15 is 0 Å². The molecule has 5 heteroatoms. The number of aliphatic hydroxyl groups is 1. The lowest BCUT2D eigenvalue weighted by Crippen LogP contribution is -2.49. The van der Waals surface area contributed by atoms with E-state index in [2.05, 4.69) is 58.3 Å². The topological polar surface area (TPSA) is 61.3 Å². The fraction of sp³-hybridized carbons (Fsp3) is 0.444. The molecule has 0 bridgehead atoms. The van der Waals surface area contributed by atoms with E-state index in [9.17, 15) is 5.11 Å². The van der Waals surface area contributed by atoms with Crippen LogP contribution in [0.3, 0.4) is 0 Å². The number of fused-ring (bicyclic) bond motifs is 1. The highest BCUT2D eigenvalue weighted by molar-refractivity contribution is 5.49. The van der Waals surface area contributed by atoms with Crippen molar-refractivity contribution in [3.63, 3.8) is 0 Å². The van der Waals surface area contributed by atoms with E-state index in [-0.39, 0.29) is 18.2 Å². The van der Waals surface area contributed by atoms with Crippen LogP contribution in [0.5, 0.6) is 0 Å². The largest absolute Gasteiger partial charge is 0.394 e. The Bertz CT molecular complexity index is 686. The van der Waals surface area contributed by atoms with Gasteiger partial charge in [-0.1, -0.05) is 24.3 Å². The first-order valence-electron chi connectivity index (χ1n) is 8.04. The summed E-state index contributed by atoms with van der Waals surface area (Å²) in [5, 5.41) is 12.3. The summed E-state index contributed by atoms with van der Waals surface area (Å²) in [6.07, 6.45) is 2.76. The van der Waals surface area contributed by atoms with Crippen LogP contribution in [-0.2, 0) is 13.0 Å². The van der Waals surface area contributed by atoms with Gasteiger partial charge >= 0.3 is 0 Å². The predicted molar refractivity (Wildman–Crippen MR) is 92.6 cm³/mol. The van der Waals surface area contributed by atoms with E-state index < -0.39 is 0 Å². The number of nitrogens with one attached hydrogen (secondary N) is 1. The first-order chi connectivity index (χ1) is 11.0. The van der Waals surface area contributed by atoms with Crippen LogP contribution < -0.4 is 10.2 Å². The van der Waals surface area contributed by atoms with E-state index in [1.807, 2.05) is 13.0 Å². The number of hydrogen-bond donors (Lipinski definition) is 2. The fourth-order valence-electron chi connectivity index (χ4n) is 3.06. The molecule has 2 N–H and O–H groups in total. The highest BCUT2D eigenvalue weighted by atomic mass is 16.3. The average molecular weight is 312 g/mol. The SMILES string of the molecule is C[C@@H](CO)Nc1nccc(N2Cc3ccccc3CC2(C)C)n1. The van der Waals surface area contributed by atoms with Crippen LogP contribution in [0.15, 0.2) is 36.5 Å². The summed E-state index contributed by atoms with van der Waals surface area (Å²) in [4.78, 5) is 11.2. The zero-order valence-corrected chi connectivity index (χ0v) is 14.0. The van der Waals surface area contributed by atoms with Crippen LogP contribution in [0, 0.1) is 0 Å². The van der Waals surface area contributed by atoms with Crippen molar-refractivity contribution in [1.29, 1.82) is 0 Å². The van der Waals surface area contributed by atoms with Gasteiger partial charge in [0.2, 0.25) is 5.95 Å². The van der Waals surface area contributed by atoms with Gasteiger partial charge in [-0.25, -0.2) is 4.98 Å². The van der Waals surface area contributed by atoms with E-state index in [4.69, 9.17) is 0 Å². The molecule has 1 aromatic carbocycles. The van der Waals surface area contributed by atoms with Crippen LogP contribution in [0.1, 0.15) is 31.9 Å². The molecule has 23 heavy (non-hydrogen) atoms. The predicted octanol–water partition coefficient (Wildman–Crippen LogP) is 2.61. The van der Waals surface area contributed by atoms with E-state index in [0.717, 1.165) is 18.8 Å². The molecule has 2 aromatic rings. The van der Waals surface area contributed by atoms with Gasteiger partial charge in [-0.3, -0.25) is 0 Å². The molecular weight excluding hydrogens is 288 g/mol. The molecule has 0 amide bonds. The summed E-state index contributed by atoms with van der Waals surface area (Å²) in [7, 11) is 0. The summed E-state index contributed by atoms with van der Waals surface area (Å²) >= 11 is 0. The molecule has 0 radical (unpaired) electrons. The van der Waals surface area contributed by atoms with Crippen molar-refractivity contribution < 1.29 is 5.11 Å². The molecule has 1 atom stereocenters. The number of aliphatic hydroxyl groups excluding tert-OH is 1. The summed E-state index contributed by atoms with van der Waals surface area (Å²) in [6.45, 7) is 7.28. The Balaban J connectivity index is 1.90. The van der Waals surface area contributed by atoms with Gasteiger partial charge in [0.25, 0.3) is 0 Å². The molecule has 0 spiro atoms. The van der Waals surface area contributed by atoms with Crippen molar-refractivity contribution in [2.24, 2.45) is 0 Å². The Kier molecular flexibility index (Phi) is 4.22. The number of rotatable bonds is 4. The second kappa shape index (κ2) is 6.16. The van der Waals surface area contributed by atoms with Gasteiger partial charge in [-0.05, 0) is 44.4 Å². The Hall–Kier alpha value is -2.14. The molecule has 0 fully saturated rings. The van der Waals surface area contributed by atoms with Crippen LogP contribution >= 0.6 is 0 Å². The highest BCUT2D eigenvalue weighted by Gasteiger charge is 2.33. The number of hydrogen-bond acceptors (Lipinski definition) is 5. The summed E-state index contributed by atoms with van der Waals surface area (Å²) in [6, 6.07) is 10.5. The molecule has 0 saturated heterocycles. The van der Waals surface area contributed by atoms with Crippen LogP contribution in [0.2, 0.25) is 0 Å². The summed E-state index contributed by atoms with van der Waals surface area (Å²) in [5.74, 6) is 1.46. The monoisotopic (exact) mass is 312 g/mol. The van der Waals surface area contributed by atoms with Crippen molar-refractivity contribution in [2.45, 2.75) is 45.3 Å². The first kappa shape index (κ1) is 15.7. The Morgan fingerprint density at radius 1 is 1.26 bits per heavy atom. The van der Waals surface area contributed by atoms with E-state index in [0.29, 0.717) is 5.95 Å². The van der Waals surface area contributed by atoms with Gasteiger partial charge in [-0.2, -0.15) is 4.98 Å². The van der Waals surface area contributed by atoms with Gasteiger partial charge in [-0.15, -0.1) is 0 Å². The molecule has 2 heterocycles. The maximum absolute atomic E-state index is 9.18. The third-order valence-electron chi connectivity index (χ3n) is 4.37. The normalized spacial score (nSPS) is 17.5. The maximum Gasteiger partial charge on any atom is 0.224 e. The van der Waals surface area contributed by atoms with Gasteiger partial charge in [0, 0.05) is 24.3 Å². The van der Waals surface area contributed by atoms with Crippen molar-refractivity contribution in [3.05, 3.63) is 47.7 Å². The second-order valence-corrected chi connectivity index (χ2v) is 6.81. The van der Waals surface area contributed by atoms with Gasteiger partial charge in [0.1, 0.15) is 5.82 Å². The lowest BCUT2D eigenvalue weighted by atomic mass is 9.85. The number of aromatic nitrogens is 2. The molecule has 1 aromatic heterocycles. The quantitative estimate of drug-likeness (QED) is 0.909. The van der Waals surface area contributed by atoms with Crippen molar-refractivity contribution in [3.8, 4) is 0 Å². The average Bonchev–Trinajstić information content (AvgIpc) is 2.53. The van der Waals surface area contributed by atoms with Gasteiger partial charge in [0.05, 0.1) is 6.61 Å². The third-order valence-corrected chi connectivity index (χ3v) is 4.37. The van der Waals surface area contributed by atoms with Crippen molar-refractivity contribution in [1.82, 2.24) is 9.97 Å². The van der Waals surface area contributed by atoms with Crippen LogP contribution in [-0.4, -0.2) is 33.3 Å². The lowest BCUT2D eigenvalue weighted by Gasteiger charge is -2.44. The van der Waals surface area contributed by atoms with E-state index in [1.165, 1.54) is 11.1 Å². The summed E-state index contributed by atoms with van der Waals surface area (Å²) in [5.41, 5.74) is 2.75. The number of anilines is 2. The Morgan fingerprint density at radius 3 is 2.74 bits per heavy atom. The molecular formula is C18H24N4O. The number of nitrogens with zero attached hydrogens (tertiary/aromatic N) is 3. The zero-order chi connectivity index (χ0) is 16.4. The van der Waals surface area contributed by atoms with Crippen LogP contribution in [0.4, 0.5) is 11.8 Å². The van der Waals surface area contributed by atoms with Crippen LogP contribution in [0.25, 0.3) is 0 Å². The lowest BCUT2D eigenvalue weighted by molar-refractivity contribution is 0.281. The molecule has 122 valence electrons. The minimum Gasteiger partial charge on any atom is -0.394 e. The smallest absolute Gasteiger partial charge is 0.224 e. The highest BCUT2D eigenvalue weighted by Crippen LogP contribution is 2.34. The zero-order valence-electron chi connectivity index (χ0n) is 14.0. The molecule has 3 rings (SSSR count). The Morgan fingerprint density at radius 2 is 2.00 bits per heavy atom. The minimum absolute atomic E-state index is 0.0113. The molecule has 5 nitrogen and oxygen atoms in total. The Labute approximate surface area is 137 Å². The van der Waals surface area contributed by atoms with E-state index in [1.54, 1.807) is 6.20 Å². The first-order valence-corrected chi connectivity index (χ1v) is 8.04. The van der Waals surface area contributed by atoms with Crippen molar-refractivity contribution >= 4 is 11.8 Å². The third kappa shape index (κ3) is 3.29. The molecule has 0 aliphatic carbocycles. The molecule has 0 unspecified atom stereocenters.